The quantitative estimate of drug-likeness (QED) is 0.684. The number of carbonyl (C=O) groups is 1. The number of hydrogen-bond acceptors (Lipinski definition) is 3. The Balaban J connectivity index is 1.76. The molecule has 0 saturated carbocycles. The van der Waals surface area contributed by atoms with Gasteiger partial charge in [-0.15, -0.1) is 0 Å². The lowest BCUT2D eigenvalue weighted by Gasteiger charge is -2.30. The van der Waals surface area contributed by atoms with Crippen LogP contribution in [0.15, 0.2) is 42.5 Å². The normalized spacial score (nSPS) is 14.9. The van der Waals surface area contributed by atoms with Crippen molar-refractivity contribution < 1.29 is 14.3 Å². The minimum Gasteiger partial charge on any atom is -0.493 e. The first-order valence-corrected chi connectivity index (χ1v) is 9.88. The Labute approximate surface area is 166 Å². The highest BCUT2D eigenvalue weighted by Crippen LogP contribution is 2.25. The van der Waals surface area contributed by atoms with Crippen molar-refractivity contribution in [3.05, 3.63) is 58.6 Å². The molecule has 1 fully saturated rings. The summed E-state index contributed by atoms with van der Waals surface area (Å²) in [5, 5.41) is 0.626. The van der Waals surface area contributed by atoms with Crippen molar-refractivity contribution in [1.82, 2.24) is 4.90 Å². The van der Waals surface area contributed by atoms with Gasteiger partial charge < -0.3 is 14.4 Å². The molecule has 1 heterocycles. The van der Waals surface area contributed by atoms with Gasteiger partial charge in [0.05, 0.1) is 6.61 Å². The Morgan fingerprint density at radius 2 is 1.93 bits per heavy atom. The molecular weight excluding hydrogens is 362 g/mol. The molecule has 0 spiro atoms. The van der Waals surface area contributed by atoms with Gasteiger partial charge in [0.1, 0.15) is 18.1 Å². The predicted octanol–water partition coefficient (Wildman–Crippen LogP) is 5.19. The lowest BCUT2D eigenvalue weighted by Crippen LogP contribution is -2.37. The van der Waals surface area contributed by atoms with Gasteiger partial charge in [0.15, 0.2) is 0 Å². The third-order valence-electron chi connectivity index (χ3n) is 4.87. The molecular formula is C22H26ClNO3. The summed E-state index contributed by atoms with van der Waals surface area (Å²) in [4.78, 5) is 14.8. The van der Waals surface area contributed by atoms with E-state index >= 15 is 0 Å². The van der Waals surface area contributed by atoms with Crippen molar-refractivity contribution in [1.29, 1.82) is 0 Å². The third kappa shape index (κ3) is 5.16. The zero-order valence-electron chi connectivity index (χ0n) is 15.9. The monoisotopic (exact) mass is 387 g/mol. The average molecular weight is 388 g/mol. The van der Waals surface area contributed by atoms with Gasteiger partial charge in [-0.3, -0.25) is 4.79 Å². The number of likely N-dealkylation sites (tertiary alicyclic amines) is 1. The van der Waals surface area contributed by atoms with Crippen LogP contribution in [0, 0.1) is 5.92 Å². The summed E-state index contributed by atoms with van der Waals surface area (Å²) in [5.41, 5.74) is 1.53. The molecule has 2 aromatic carbocycles. The zero-order valence-corrected chi connectivity index (χ0v) is 16.7. The topological polar surface area (TPSA) is 38.8 Å². The number of amides is 1. The van der Waals surface area contributed by atoms with Crippen molar-refractivity contribution in [2.75, 3.05) is 19.7 Å². The summed E-state index contributed by atoms with van der Waals surface area (Å²) in [6, 6.07) is 12.9. The van der Waals surface area contributed by atoms with E-state index in [0.29, 0.717) is 35.5 Å². The highest BCUT2D eigenvalue weighted by atomic mass is 35.5. The van der Waals surface area contributed by atoms with E-state index < -0.39 is 0 Å². The van der Waals surface area contributed by atoms with Crippen molar-refractivity contribution >= 4 is 17.5 Å². The van der Waals surface area contributed by atoms with Gasteiger partial charge in [0.25, 0.3) is 5.91 Å². The van der Waals surface area contributed by atoms with E-state index in [4.69, 9.17) is 21.1 Å². The van der Waals surface area contributed by atoms with E-state index in [1.807, 2.05) is 42.2 Å². The first-order chi connectivity index (χ1) is 13.1. The van der Waals surface area contributed by atoms with Crippen LogP contribution in [0.5, 0.6) is 11.5 Å². The fourth-order valence-electron chi connectivity index (χ4n) is 3.23. The van der Waals surface area contributed by atoms with Gasteiger partial charge in [-0.25, -0.2) is 0 Å². The molecule has 1 amide bonds. The molecule has 0 aliphatic carbocycles. The number of benzene rings is 2. The van der Waals surface area contributed by atoms with Crippen LogP contribution in [0.3, 0.4) is 0 Å². The van der Waals surface area contributed by atoms with Crippen molar-refractivity contribution in [2.24, 2.45) is 5.92 Å². The molecule has 0 radical (unpaired) electrons. The molecule has 1 saturated heterocycles. The van der Waals surface area contributed by atoms with Gasteiger partial charge in [0, 0.05) is 29.2 Å². The Morgan fingerprint density at radius 3 is 2.63 bits per heavy atom. The van der Waals surface area contributed by atoms with E-state index in [0.717, 1.165) is 37.2 Å². The van der Waals surface area contributed by atoms with E-state index in [1.54, 1.807) is 12.1 Å². The van der Waals surface area contributed by atoms with Crippen molar-refractivity contribution in [3.63, 3.8) is 0 Å². The minimum absolute atomic E-state index is 0.0777. The Hall–Kier alpha value is -2.20. The number of rotatable bonds is 6. The van der Waals surface area contributed by atoms with Gasteiger partial charge >= 0.3 is 0 Å². The van der Waals surface area contributed by atoms with E-state index in [9.17, 15) is 4.79 Å². The second-order valence-electron chi connectivity index (χ2n) is 6.98. The second kappa shape index (κ2) is 9.14. The zero-order chi connectivity index (χ0) is 19.2. The van der Waals surface area contributed by atoms with E-state index in [2.05, 4.69) is 6.92 Å². The Kier molecular flexibility index (Phi) is 6.62. The summed E-state index contributed by atoms with van der Waals surface area (Å²) >= 11 is 6.02. The summed E-state index contributed by atoms with van der Waals surface area (Å²) in [6.45, 7) is 6.69. The maximum Gasteiger partial charge on any atom is 0.253 e. The number of ether oxygens (including phenoxy) is 2. The standard InChI is InChI=1S/C22H26ClNO3/c1-3-26-21-8-7-17(22(25)24-11-9-16(2)10-12-24)13-18(21)15-27-20-6-4-5-19(23)14-20/h4-8,13-14,16H,3,9-12,15H2,1-2H3. The molecule has 27 heavy (non-hydrogen) atoms. The van der Waals surface area contributed by atoms with E-state index in [-0.39, 0.29) is 5.91 Å². The van der Waals surface area contributed by atoms with Crippen LogP contribution in [0.25, 0.3) is 0 Å². The van der Waals surface area contributed by atoms with Crippen molar-refractivity contribution in [3.8, 4) is 11.5 Å². The minimum atomic E-state index is 0.0777. The fourth-order valence-corrected chi connectivity index (χ4v) is 3.41. The highest BCUT2D eigenvalue weighted by molar-refractivity contribution is 6.30. The summed E-state index contributed by atoms with van der Waals surface area (Å²) in [7, 11) is 0. The maximum atomic E-state index is 12.9. The molecule has 0 bridgehead atoms. The van der Waals surface area contributed by atoms with Crippen LogP contribution in [0.4, 0.5) is 0 Å². The molecule has 1 aliphatic heterocycles. The molecule has 144 valence electrons. The lowest BCUT2D eigenvalue weighted by atomic mass is 9.98. The molecule has 0 N–H and O–H groups in total. The van der Waals surface area contributed by atoms with Crippen LogP contribution >= 0.6 is 11.6 Å². The van der Waals surface area contributed by atoms with Gasteiger partial charge in [0.2, 0.25) is 0 Å². The molecule has 0 unspecified atom stereocenters. The molecule has 5 heteroatoms. The fraction of sp³-hybridized carbons (Fsp3) is 0.409. The Morgan fingerprint density at radius 1 is 1.15 bits per heavy atom. The van der Waals surface area contributed by atoms with Crippen LogP contribution < -0.4 is 9.47 Å². The molecule has 0 atom stereocenters. The number of halogens is 1. The number of piperidine rings is 1. The first kappa shape index (κ1) is 19.6. The smallest absolute Gasteiger partial charge is 0.253 e. The first-order valence-electron chi connectivity index (χ1n) is 9.50. The third-order valence-corrected chi connectivity index (χ3v) is 5.10. The SMILES string of the molecule is CCOc1ccc(C(=O)N2CCC(C)CC2)cc1COc1cccc(Cl)c1. The molecule has 3 rings (SSSR count). The van der Waals surface area contributed by atoms with Crippen molar-refractivity contribution in [2.45, 2.75) is 33.3 Å². The summed E-state index contributed by atoms with van der Waals surface area (Å²) < 4.78 is 11.6. The number of carbonyl (C=O) groups excluding carboxylic acids is 1. The van der Waals surface area contributed by atoms with Crippen LogP contribution in [0.1, 0.15) is 42.6 Å². The average Bonchev–Trinajstić information content (AvgIpc) is 2.67. The maximum absolute atomic E-state index is 12.9. The van der Waals surface area contributed by atoms with Crippen LogP contribution in [0.2, 0.25) is 5.02 Å². The highest BCUT2D eigenvalue weighted by Gasteiger charge is 2.22. The molecule has 1 aliphatic rings. The van der Waals surface area contributed by atoms with Gasteiger partial charge in [-0.1, -0.05) is 24.6 Å². The second-order valence-corrected chi connectivity index (χ2v) is 7.41. The van der Waals surface area contributed by atoms with Gasteiger partial charge in [-0.05, 0) is 62.1 Å². The summed E-state index contributed by atoms with van der Waals surface area (Å²) in [5.74, 6) is 2.19. The van der Waals surface area contributed by atoms with Crippen LogP contribution in [-0.4, -0.2) is 30.5 Å². The van der Waals surface area contributed by atoms with Gasteiger partial charge in [-0.2, -0.15) is 0 Å². The number of nitrogens with zero attached hydrogens (tertiary/aromatic N) is 1. The number of hydrogen-bond donors (Lipinski definition) is 0. The molecule has 2 aromatic rings. The lowest BCUT2D eigenvalue weighted by molar-refractivity contribution is 0.0697. The largest absolute Gasteiger partial charge is 0.493 e. The summed E-state index contributed by atoms with van der Waals surface area (Å²) in [6.07, 6.45) is 2.13. The Bertz CT molecular complexity index is 785. The molecule has 4 nitrogen and oxygen atoms in total. The van der Waals surface area contributed by atoms with Crippen LogP contribution in [-0.2, 0) is 6.61 Å². The predicted molar refractivity (Wildman–Crippen MR) is 108 cm³/mol. The molecule has 0 aromatic heterocycles. The van der Waals surface area contributed by atoms with E-state index in [1.165, 1.54) is 0 Å².